The molecule has 2 N–H and O–H groups in total. The van der Waals surface area contributed by atoms with Gasteiger partial charge in [-0.15, -0.1) is 13.2 Å². The molecule has 1 spiro atoms. The minimum Gasteiger partial charge on any atom is -0.406 e. The van der Waals surface area contributed by atoms with Crippen molar-refractivity contribution in [3.8, 4) is 5.75 Å². The highest BCUT2D eigenvalue weighted by atomic mass is 32.2. The maximum Gasteiger partial charge on any atom is 0.573 e. The molecule has 8 nitrogen and oxygen atoms in total. The highest BCUT2D eigenvalue weighted by molar-refractivity contribution is 7.88. The molecular formula is C17H20F3N3O5S. The van der Waals surface area contributed by atoms with Gasteiger partial charge in [0, 0.05) is 19.6 Å². The second kappa shape index (κ2) is 7.48. The zero-order valence-corrected chi connectivity index (χ0v) is 16.3. The molecule has 0 bridgehead atoms. The molecule has 29 heavy (non-hydrogen) atoms. The monoisotopic (exact) mass is 435 g/mol. The van der Waals surface area contributed by atoms with E-state index in [9.17, 15) is 31.2 Å². The number of sulfonamides is 1. The number of nitrogens with one attached hydrogen (secondary N) is 2. The van der Waals surface area contributed by atoms with E-state index in [0.717, 1.165) is 18.4 Å². The molecule has 2 fully saturated rings. The first-order chi connectivity index (χ1) is 13.4. The molecule has 160 valence electrons. The molecule has 12 heteroatoms. The zero-order chi connectivity index (χ0) is 21.4. The number of alkyl halides is 3. The van der Waals surface area contributed by atoms with Crippen LogP contribution in [0.25, 0.3) is 0 Å². The van der Waals surface area contributed by atoms with Crippen LogP contribution in [0.1, 0.15) is 18.4 Å². The molecule has 2 heterocycles. The summed E-state index contributed by atoms with van der Waals surface area (Å²) in [6.45, 7) is 0.328. The highest BCUT2D eigenvalue weighted by Crippen LogP contribution is 2.40. The van der Waals surface area contributed by atoms with E-state index in [1.807, 2.05) is 0 Å². The van der Waals surface area contributed by atoms with Crippen LogP contribution in [0, 0.1) is 5.41 Å². The number of hydrogen-bond donors (Lipinski definition) is 2. The van der Waals surface area contributed by atoms with E-state index >= 15 is 0 Å². The standard InChI is InChI=1S/C17H20F3N3O5S/c1-29(26,27)23-7-6-16(10-23)8-13(22-15(16)25)14(24)21-9-11-2-4-12(5-3-11)28-17(18,19)20/h2-5,13H,6-10H2,1H3,(H,21,24)(H,22,25)/t13-,16-/m0/s1. The summed E-state index contributed by atoms with van der Waals surface area (Å²) >= 11 is 0. The van der Waals surface area contributed by atoms with Crippen LogP contribution in [0.3, 0.4) is 0 Å². The maximum absolute atomic E-state index is 12.4. The molecule has 0 unspecified atom stereocenters. The van der Waals surface area contributed by atoms with Gasteiger partial charge in [0.25, 0.3) is 0 Å². The van der Waals surface area contributed by atoms with Gasteiger partial charge in [-0.2, -0.15) is 0 Å². The molecule has 2 amide bonds. The van der Waals surface area contributed by atoms with Crippen LogP contribution in [-0.2, 0) is 26.2 Å². The van der Waals surface area contributed by atoms with Crippen molar-refractivity contribution in [1.82, 2.24) is 14.9 Å². The van der Waals surface area contributed by atoms with Crippen molar-refractivity contribution in [2.24, 2.45) is 5.41 Å². The van der Waals surface area contributed by atoms with Crippen molar-refractivity contribution >= 4 is 21.8 Å². The number of ether oxygens (including phenoxy) is 1. The Balaban J connectivity index is 1.55. The van der Waals surface area contributed by atoms with Gasteiger partial charge in [0.05, 0.1) is 11.7 Å². The van der Waals surface area contributed by atoms with E-state index in [1.54, 1.807) is 0 Å². The van der Waals surface area contributed by atoms with Crippen molar-refractivity contribution < 1.29 is 35.9 Å². The fraction of sp³-hybridized carbons (Fsp3) is 0.529. The number of carbonyl (C=O) groups is 2. The first-order valence-electron chi connectivity index (χ1n) is 8.76. The molecule has 3 rings (SSSR count). The Morgan fingerprint density at radius 2 is 2.00 bits per heavy atom. The Morgan fingerprint density at radius 1 is 1.34 bits per heavy atom. The van der Waals surface area contributed by atoms with E-state index in [4.69, 9.17) is 0 Å². The summed E-state index contributed by atoms with van der Waals surface area (Å²) in [5.41, 5.74) is -0.363. The van der Waals surface area contributed by atoms with Gasteiger partial charge in [0.1, 0.15) is 11.8 Å². The van der Waals surface area contributed by atoms with Crippen LogP contribution >= 0.6 is 0 Å². The third-order valence-electron chi connectivity index (χ3n) is 5.11. The van der Waals surface area contributed by atoms with Crippen molar-refractivity contribution in [3.05, 3.63) is 29.8 Å². The Kier molecular flexibility index (Phi) is 5.52. The van der Waals surface area contributed by atoms with Crippen LogP contribution in [-0.4, -0.2) is 56.3 Å². The van der Waals surface area contributed by atoms with E-state index in [-0.39, 0.29) is 37.7 Å². The van der Waals surface area contributed by atoms with Gasteiger partial charge in [-0.25, -0.2) is 12.7 Å². The molecule has 1 aromatic rings. The number of carbonyl (C=O) groups excluding carboxylic acids is 2. The number of amides is 2. The summed E-state index contributed by atoms with van der Waals surface area (Å²) in [4.78, 5) is 24.8. The van der Waals surface area contributed by atoms with Gasteiger partial charge in [-0.05, 0) is 30.5 Å². The van der Waals surface area contributed by atoms with Crippen molar-refractivity contribution in [2.75, 3.05) is 19.3 Å². The summed E-state index contributed by atoms with van der Waals surface area (Å²) in [7, 11) is -3.42. The molecule has 2 saturated heterocycles. The summed E-state index contributed by atoms with van der Waals surface area (Å²) < 4.78 is 64.9. The van der Waals surface area contributed by atoms with Crippen LogP contribution < -0.4 is 15.4 Å². The summed E-state index contributed by atoms with van der Waals surface area (Å²) in [6, 6.07) is 4.25. The molecular weight excluding hydrogens is 415 g/mol. The van der Waals surface area contributed by atoms with Gasteiger partial charge < -0.3 is 15.4 Å². The highest BCUT2D eigenvalue weighted by Gasteiger charge is 2.53. The largest absolute Gasteiger partial charge is 0.573 e. The smallest absolute Gasteiger partial charge is 0.406 e. The lowest BCUT2D eigenvalue weighted by Crippen LogP contribution is -2.41. The quantitative estimate of drug-likeness (QED) is 0.710. The second-order valence-electron chi connectivity index (χ2n) is 7.27. The van der Waals surface area contributed by atoms with Crippen molar-refractivity contribution in [1.29, 1.82) is 0 Å². The first-order valence-corrected chi connectivity index (χ1v) is 10.6. The fourth-order valence-corrected chi connectivity index (χ4v) is 4.50. The lowest BCUT2D eigenvalue weighted by Gasteiger charge is -2.20. The molecule has 2 atom stereocenters. The second-order valence-corrected chi connectivity index (χ2v) is 9.25. The van der Waals surface area contributed by atoms with E-state index in [2.05, 4.69) is 15.4 Å². The summed E-state index contributed by atoms with van der Waals surface area (Å²) in [6.07, 6.45) is -3.17. The maximum atomic E-state index is 12.4. The van der Waals surface area contributed by atoms with Crippen LogP contribution in [0.2, 0.25) is 0 Å². The zero-order valence-electron chi connectivity index (χ0n) is 15.5. The lowest BCUT2D eigenvalue weighted by molar-refractivity contribution is -0.274. The Bertz CT molecular complexity index is 904. The first kappa shape index (κ1) is 21.4. The SMILES string of the molecule is CS(=O)(=O)N1CC[C@]2(C[C@@H](C(=O)NCc3ccc(OC(F)(F)F)cc3)NC2=O)C1. The summed E-state index contributed by atoms with van der Waals surface area (Å²) in [5, 5.41) is 5.24. The number of nitrogens with zero attached hydrogens (tertiary/aromatic N) is 1. The average molecular weight is 435 g/mol. The van der Waals surface area contributed by atoms with Gasteiger partial charge in [-0.3, -0.25) is 9.59 Å². The third-order valence-corrected chi connectivity index (χ3v) is 6.36. The molecule has 2 aliphatic rings. The third kappa shape index (κ3) is 4.99. The topological polar surface area (TPSA) is 105 Å². The van der Waals surface area contributed by atoms with E-state index < -0.39 is 33.7 Å². The number of halogens is 3. The lowest BCUT2D eigenvalue weighted by atomic mass is 9.84. The summed E-state index contributed by atoms with van der Waals surface area (Å²) in [5.74, 6) is -1.16. The number of hydrogen-bond acceptors (Lipinski definition) is 5. The Hall–Kier alpha value is -2.34. The fourth-order valence-electron chi connectivity index (χ4n) is 3.59. The van der Waals surface area contributed by atoms with Gasteiger partial charge >= 0.3 is 6.36 Å². The Labute approximate surface area is 165 Å². The predicted molar refractivity (Wildman–Crippen MR) is 95.0 cm³/mol. The van der Waals surface area contributed by atoms with Crippen molar-refractivity contribution in [2.45, 2.75) is 31.8 Å². The van der Waals surface area contributed by atoms with Crippen LogP contribution in [0.4, 0.5) is 13.2 Å². The van der Waals surface area contributed by atoms with Crippen molar-refractivity contribution in [3.63, 3.8) is 0 Å². The molecule has 1 aromatic carbocycles. The van der Waals surface area contributed by atoms with Crippen LogP contribution in [0.5, 0.6) is 5.75 Å². The Morgan fingerprint density at radius 3 is 2.55 bits per heavy atom. The number of rotatable bonds is 5. The van der Waals surface area contributed by atoms with Gasteiger partial charge in [0.2, 0.25) is 21.8 Å². The number of benzene rings is 1. The molecule has 0 radical (unpaired) electrons. The van der Waals surface area contributed by atoms with Gasteiger partial charge in [-0.1, -0.05) is 12.1 Å². The minimum atomic E-state index is -4.78. The van der Waals surface area contributed by atoms with E-state index in [1.165, 1.54) is 16.4 Å². The van der Waals surface area contributed by atoms with Gasteiger partial charge in [0.15, 0.2) is 0 Å². The molecule has 2 aliphatic heterocycles. The average Bonchev–Trinajstić information content (AvgIpc) is 3.18. The molecule has 0 saturated carbocycles. The molecule has 0 aromatic heterocycles. The normalized spacial score (nSPS) is 25.2. The van der Waals surface area contributed by atoms with Crippen LogP contribution in [0.15, 0.2) is 24.3 Å². The predicted octanol–water partition coefficient (Wildman–Crippen LogP) is 0.742. The minimum absolute atomic E-state index is 0.0438. The molecule has 0 aliphatic carbocycles. The van der Waals surface area contributed by atoms with E-state index in [0.29, 0.717) is 12.0 Å².